The summed E-state index contributed by atoms with van der Waals surface area (Å²) in [7, 11) is 1.57. The van der Waals surface area contributed by atoms with Gasteiger partial charge in [0.1, 0.15) is 11.7 Å². The molecule has 0 unspecified atom stereocenters. The first-order valence-corrected chi connectivity index (χ1v) is 5.03. The van der Waals surface area contributed by atoms with Gasteiger partial charge in [0, 0.05) is 12.7 Å². The number of hydrogen-bond donors (Lipinski definition) is 2. The Balaban J connectivity index is 2.95. The van der Waals surface area contributed by atoms with Crippen molar-refractivity contribution in [2.24, 2.45) is 10.8 Å². The maximum atomic E-state index is 13.2. The second-order valence-electron chi connectivity index (χ2n) is 2.97. The first-order valence-electron chi connectivity index (χ1n) is 4.65. The van der Waals surface area contributed by atoms with Crippen LogP contribution in [-0.4, -0.2) is 26.1 Å². The number of rotatable bonds is 4. The number of hydrogen-bond acceptors (Lipinski definition) is 3. The van der Waals surface area contributed by atoms with Crippen molar-refractivity contribution in [2.45, 2.75) is 0 Å². The van der Waals surface area contributed by atoms with Crippen LogP contribution in [0.1, 0.15) is 5.56 Å². The van der Waals surface area contributed by atoms with Crippen LogP contribution in [0.5, 0.6) is 0 Å². The van der Waals surface area contributed by atoms with E-state index in [0.29, 0.717) is 24.6 Å². The van der Waals surface area contributed by atoms with Crippen molar-refractivity contribution in [1.29, 1.82) is 0 Å². The highest BCUT2D eigenvalue weighted by Gasteiger charge is 2.10. The quantitative estimate of drug-likeness (QED) is 0.277. The molecule has 0 saturated heterocycles. The second-order valence-corrected chi connectivity index (χ2v) is 3.35. The molecular formula is C10H13ClFN3O. The number of ether oxygens (including phenoxy) is 1. The van der Waals surface area contributed by atoms with Crippen LogP contribution >= 0.6 is 11.6 Å². The Morgan fingerprint density at radius 2 is 2.38 bits per heavy atom. The van der Waals surface area contributed by atoms with E-state index in [-0.39, 0.29) is 5.02 Å². The van der Waals surface area contributed by atoms with Crippen LogP contribution in [0.15, 0.2) is 23.2 Å². The van der Waals surface area contributed by atoms with Crippen LogP contribution in [-0.2, 0) is 4.74 Å². The molecule has 16 heavy (non-hydrogen) atoms. The zero-order valence-electron chi connectivity index (χ0n) is 8.84. The van der Waals surface area contributed by atoms with Crippen LogP contribution in [0.4, 0.5) is 4.39 Å². The van der Waals surface area contributed by atoms with Gasteiger partial charge < -0.3 is 10.2 Å². The average Bonchev–Trinajstić information content (AvgIpc) is 2.29. The fraction of sp³-hybridized carbons (Fsp3) is 0.300. The molecule has 0 aliphatic rings. The number of aliphatic imine (C=N–C) groups is 1. The Hall–Kier alpha value is -1.17. The molecule has 1 rings (SSSR count). The average molecular weight is 246 g/mol. The molecular weight excluding hydrogens is 233 g/mol. The van der Waals surface area contributed by atoms with E-state index >= 15 is 0 Å². The van der Waals surface area contributed by atoms with E-state index in [1.54, 1.807) is 19.2 Å². The molecule has 0 heterocycles. The van der Waals surface area contributed by atoms with Crippen molar-refractivity contribution in [3.8, 4) is 0 Å². The standard InChI is InChI=1S/C10H13ClFN3O/c1-16-6-5-14-10(15-13)7-3-2-4-8(12)9(7)11/h2-4H,5-6,13H2,1H3,(H,14,15). The molecule has 0 bridgehead atoms. The molecule has 0 radical (unpaired) electrons. The summed E-state index contributed by atoms with van der Waals surface area (Å²) in [5.41, 5.74) is 2.82. The highest BCUT2D eigenvalue weighted by Crippen LogP contribution is 2.19. The Bertz CT molecular complexity index is 384. The Morgan fingerprint density at radius 1 is 1.62 bits per heavy atom. The largest absolute Gasteiger partial charge is 0.383 e. The van der Waals surface area contributed by atoms with Crippen LogP contribution in [0.2, 0.25) is 5.02 Å². The Labute approximate surface area is 98.2 Å². The maximum Gasteiger partial charge on any atom is 0.144 e. The van der Waals surface area contributed by atoms with Crippen molar-refractivity contribution in [3.63, 3.8) is 0 Å². The van der Waals surface area contributed by atoms with Gasteiger partial charge in [0.2, 0.25) is 0 Å². The zero-order valence-corrected chi connectivity index (χ0v) is 9.59. The molecule has 0 spiro atoms. The predicted molar refractivity (Wildman–Crippen MR) is 62.0 cm³/mol. The maximum absolute atomic E-state index is 13.2. The monoisotopic (exact) mass is 245 g/mol. The molecule has 4 nitrogen and oxygen atoms in total. The van der Waals surface area contributed by atoms with E-state index in [4.69, 9.17) is 22.2 Å². The molecule has 0 saturated carbocycles. The zero-order chi connectivity index (χ0) is 12.0. The molecule has 0 atom stereocenters. The number of nitrogens with zero attached hydrogens (tertiary/aromatic N) is 1. The first-order chi connectivity index (χ1) is 7.70. The SMILES string of the molecule is COCCN=C(NN)c1cccc(F)c1Cl. The van der Waals surface area contributed by atoms with E-state index in [9.17, 15) is 4.39 Å². The number of hydrazine groups is 1. The van der Waals surface area contributed by atoms with Gasteiger partial charge in [-0.05, 0) is 12.1 Å². The van der Waals surface area contributed by atoms with E-state index < -0.39 is 5.82 Å². The highest BCUT2D eigenvalue weighted by atomic mass is 35.5. The fourth-order valence-electron chi connectivity index (χ4n) is 1.14. The molecule has 6 heteroatoms. The summed E-state index contributed by atoms with van der Waals surface area (Å²) in [6, 6.07) is 4.45. The minimum Gasteiger partial charge on any atom is -0.383 e. The third kappa shape index (κ3) is 3.16. The summed E-state index contributed by atoms with van der Waals surface area (Å²) in [5.74, 6) is 5.13. The second kappa shape index (κ2) is 6.42. The van der Waals surface area contributed by atoms with Gasteiger partial charge in [0.15, 0.2) is 0 Å². The topological polar surface area (TPSA) is 59.6 Å². The van der Waals surface area contributed by atoms with Gasteiger partial charge in [0.05, 0.1) is 18.2 Å². The van der Waals surface area contributed by atoms with Gasteiger partial charge in [-0.25, -0.2) is 10.2 Å². The normalized spacial score (nSPS) is 11.6. The summed E-state index contributed by atoms with van der Waals surface area (Å²) >= 11 is 5.80. The number of methoxy groups -OCH3 is 1. The minimum atomic E-state index is -0.506. The van der Waals surface area contributed by atoms with Crippen LogP contribution < -0.4 is 11.3 Å². The summed E-state index contributed by atoms with van der Waals surface area (Å²) < 4.78 is 18.0. The van der Waals surface area contributed by atoms with Crippen molar-refractivity contribution in [1.82, 2.24) is 5.43 Å². The predicted octanol–water partition coefficient (Wildman–Crippen LogP) is 1.34. The number of nitrogens with two attached hydrogens (primary N) is 1. The van der Waals surface area contributed by atoms with E-state index in [0.717, 1.165) is 0 Å². The molecule has 1 aromatic rings. The van der Waals surface area contributed by atoms with Gasteiger partial charge in [-0.15, -0.1) is 0 Å². The van der Waals surface area contributed by atoms with Crippen LogP contribution in [0, 0.1) is 5.82 Å². The molecule has 0 aromatic heterocycles. The smallest absolute Gasteiger partial charge is 0.144 e. The van der Waals surface area contributed by atoms with Crippen molar-refractivity contribution < 1.29 is 9.13 Å². The highest BCUT2D eigenvalue weighted by molar-refractivity contribution is 6.34. The lowest BCUT2D eigenvalue weighted by Gasteiger charge is -2.08. The molecule has 0 aliphatic carbocycles. The van der Waals surface area contributed by atoms with E-state index in [1.165, 1.54) is 6.07 Å². The summed E-state index contributed by atoms with van der Waals surface area (Å²) in [4.78, 5) is 4.11. The fourth-order valence-corrected chi connectivity index (χ4v) is 1.36. The lowest BCUT2D eigenvalue weighted by molar-refractivity contribution is 0.208. The third-order valence-corrected chi connectivity index (χ3v) is 2.29. The summed E-state index contributed by atoms with van der Waals surface area (Å²) in [5, 5.41) is -0.00313. The van der Waals surface area contributed by atoms with Gasteiger partial charge in [-0.3, -0.25) is 4.99 Å². The number of benzene rings is 1. The van der Waals surface area contributed by atoms with Crippen molar-refractivity contribution >= 4 is 17.4 Å². The molecule has 0 amide bonds. The van der Waals surface area contributed by atoms with Crippen molar-refractivity contribution in [2.75, 3.05) is 20.3 Å². The number of nitrogens with one attached hydrogen (secondary N) is 1. The van der Waals surface area contributed by atoms with Gasteiger partial charge in [0.25, 0.3) is 0 Å². The van der Waals surface area contributed by atoms with Crippen LogP contribution in [0.3, 0.4) is 0 Å². The van der Waals surface area contributed by atoms with E-state index in [1.807, 2.05) is 0 Å². The molecule has 88 valence electrons. The van der Waals surface area contributed by atoms with E-state index in [2.05, 4.69) is 10.4 Å². The van der Waals surface area contributed by atoms with Crippen LogP contribution in [0.25, 0.3) is 0 Å². The minimum absolute atomic E-state index is 0.00313. The molecule has 0 fully saturated rings. The lowest BCUT2D eigenvalue weighted by atomic mass is 10.2. The Kier molecular flexibility index (Phi) is 5.18. The van der Waals surface area contributed by atoms with Gasteiger partial charge >= 0.3 is 0 Å². The number of amidine groups is 1. The lowest BCUT2D eigenvalue weighted by Crippen LogP contribution is -2.32. The third-order valence-electron chi connectivity index (χ3n) is 1.91. The molecule has 1 aromatic carbocycles. The van der Waals surface area contributed by atoms with Gasteiger partial charge in [-0.2, -0.15) is 0 Å². The Morgan fingerprint density at radius 3 is 3.00 bits per heavy atom. The first kappa shape index (κ1) is 12.9. The number of halogens is 2. The summed E-state index contributed by atoms with van der Waals surface area (Å²) in [6.45, 7) is 0.876. The molecule has 0 aliphatic heterocycles. The van der Waals surface area contributed by atoms with Crippen molar-refractivity contribution in [3.05, 3.63) is 34.6 Å². The van der Waals surface area contributed by atoms with Gasteiger partial charge in [-0.1, -0.05) is 17.7 Å². The summed E-state index contributed by atoms with van der Waals surface area (Å²) in [6.07, 6.45) is 0. The molecule has 3 N–H and O–H groups in total.